The minimum Gasteiger partial charge on any atom is -0.297 e. The average molecular weight is 108 g/mol. The summed E-state index contributed by atoms with van der Waals surface area (Å²) in [5.41, 5.74) is 0. The van der Waals surface area contributed by atoms with Crippen molar-refractivity contribution in [3.05, 3.63) is 18.9 Å². The van der Waals surface area contributed by atoms with Crippen LogP contribution in [0.1, 0.15) is 0 Å². The molecule has 0 aliphatic rings. The topological polar surface area (TPSA) is 24.7 Å². The fraction of sp³-hybridized carbons (Fsp3) is 0.167. The maximum Gasteiger partial charge on any atom is 0.0581 e. The minimum atomic E-state index is 0.602. The molecule has 8 heavy (non-hydrogen) atoms. The molecule has 2 heteroatoms. The SMILES string of the molecule is C=C=N/C=C/CN=C. The molecule has 0 aromatic rings. The van der Waals surface area contributed by atoms with Crippen LogP contribution in [0.15, 0.2) is 28.8 Å². The predicted octanol–water partition coefficient (Wildman–Crippen LogP) is 1.06. The van der Waals surface area contributed by atoms with E-state index in [9.17, 15) is 0 Å². The van der Waals surface area contributed by atoms with Crippen LogP contribution in [0.25, 0.3) is 0 Å². The summed E-state index contributed by atoms with van der Waals surface area (Å²) in [6.45, 7) is 7.15. The zero-order valence-corrected chi connectivity index (χ0v) is 4.67. The summed E-state index contributed by atoms with van der Waals surface area (Å²) >= 11 is 0. The number of hydrogen-bond donors (Lipinski definition) is 0. The fourth-order valence-corrected chi connectivity index (χ4v) is 0.227. The summed E-state index contributed by atoms with van der Waals surface area (Å²) in [5.74, 6) is 2.35. The third-order valence-electron chi connectivity index (χ3n) is 0.506. The Morgan fingerprint density at radius 1 is 1.62 bits per heavy atom. The molecule has 0 aliphatic heterocycles. The van der Waals surface area contributed by atoms with Gasteiger partial charge in [-0.05, 0) is 25.2 Å². The van der Waals surface area contributed by atoms with Crippen LogP contribution in [0.5, 0.6) is 0 Å². The molecular formula is C6H8N2. The zero-order valence-electron chi connectivity index (χ0n) is 4.67. The van der Waals surface area contributed by atoms with Crippen LogP contribution in [0.4, 0.5) is 0 Å². The molecule has 0 amide bonds. The van der Waals surface area contributed by atoms with E-state index in [2.05, 4.69) is 29.2 Å². The van der Waals surface area contributed by atoms with E-state index < -0.39 is 0 Å². The number of rotatable bonds is 3. The monoisotopic (exact) mass is 108 g/mol. The highest BCUT2D eigenvalue weighted by Crippen LogP contribution is 1.72. The van der Waals surface area contributed by atoms with Crippen LogP contribution >= 0.6 is 0 Å². The molecule has 0 rings (SSSR count). The second kappa shape index (κ2) is 5.86. The Labute approximate surface area is 49.0 Å². The second-order valence-corrected chi connectivity index (χ2v) is 1.08. The highest BCUT2D eigenvalue weighted by atomic mass is 14.7. The molecular weight excluding hydrogens is 100 g/mol. The molecule has 0 N–H and O–H groups in total. The first kappa shape index (κ1) is 6.86. The van der Waals surface area contributed by atoms with Gasteiger partial charge in [-0.3, -0.25) is 4.99 Å². The second-order valence-electron chi connectivity index (χ2n) is 1.08. The Balaban J connectivity index is 3.33. The summed E-state index contributed by atoms with van der Waals surface area (Å²) in [6, 6.07) is 0. The first-order valence-corrected chi connectivity index (χ1v) is 2.21. The van der Waals surface area contributed by atoms with Crippen molar-refractivity contribution in [1.29, 1.82) is 0 Å². The maximum atomic E-state index is 3.58. The standard InChI is InChI=1S/C6H8N2/c1-3-8-6-4-5-7-2/h4,6H,1-2,5H2/b6-4+. The molecule has 0 saturated carbocycles. The highest BCUT2D eigenvalue weighted by Gasteiger charge is 1.61. The molecule has 0 radical (unpaired) electrons. The van der Waals surface area contributed by atoms with Crippen molar-refractivity contribution in [2.45, 2.75) is 0 Å². The van der Waals surface area contributed by atoms with Crippen molar-refractivity contribution < 1.29 is 0 Å². The molecule has 0 spiro atoms. The van der Waals surface area contributed by atoms with E-state index in [-0.39, 0.29) is 0 Å². The van der Waals surface area contributed by atoms with E-state index in [1.54, 1.807) is 12.3 Å². The smallest absolute Gasteiger partial charge is 0.0581 e. The highest BCUT2D eigenvalue weighted by molar-refractivity contribution is 5.47. The lowest BCUT2D eigenvalue weighted by molar-refractivity contribution is 1.26. The van der Waals surface area contributed by atoms with Crippen LogP contribution in [0.2, 0.25) is 0 Å². The fourth-order valence-electron chi connectivity index (χ4n) is 0.227. The van der Waals surface area contributed by atoms with Crippen LogP contribution in [0, 0.1) is 0 Å². The van der Waals surface area contributed by atoms with Gasteiger partial charge in [0.1, 0.15) is 0 Å². The molecule has 0 fully saturated rings. The summed E-state index contributed by atoms with van der Waals surface area (Å²) < 4.78 is 0. The van der Waals surface area contributed by atoms with Crippen molar-refractivity contribution in [3.63, 3.8) is 0 Å². The van der Waals surface area contributed by atoms with Gasteiger partial charge in [-0.25, -0.2) is 4.99 Å². The van der Waals surface area contributed by atoms with E-state index in [1.807, 2.05) is 0 Å². The Kier molecular flexibility index (Phi) is 5.02. The summed E-state index contributed by atoms with van der Waals surface area (Å²) in [4.78, 5) is 7.14. The zero-order chi connectivity index (χ0) is 6.24. The van der Waals surface area contributed by atoms with Gasteiger partial charge in [-0.15, -0.1) is 0 Å². The minimum absolute atomic E-state index is 0.602. The molecule has 2 nitrogen and oxygen atoms in total. The van der Waals surface area contributed by atoms with Gasteiger partial charge in [0.15, 0.2) is 0 Å². The molecule has 0 bridgehead atoms. The van der Waals surface area contributed by atoms with Gasteiger partial charge in [0.05, 0.1) is 6.54 Å². The lowest BCUT2D eigenvalue weighted by Gasteiger charge is -1.72. The van der Waals surface area contributed by atoms with Gasteiger partial charge >= 0.3 is 0 Å². The van der Waals surface area contributed by atoms with E-state index in [0.717, 1.165) is 0 Å². The third kappa shape index (κ3) is 4.86. The maximum absolute atomic E-state index is 3.58. The van der Waals surface area contributed by atoms with Gasteiger partial charge in [0, 0.05) is 6.20 Å². The lowest BCUT2D eigenvalue weighted by atomic mass is 10.6. The van der Waals surface area contributed by atoms with Gasteiger partial charge in [0.2, 0.25) is 0 Å². The van der Waals surface area contributed by atoms with Crippen molar-refractivity contribution in [2.24, 2.45) is 9.98 Å². The van der Waals surface area contributed by atoms with Crippen LogP contribution in [-0.2, 0) is 0 Å². The van der Waals surface area contributed by atoms with Crippen molar-refractivity contribution in [2.75, 3.05) is 6.54 Å². The largest absolute Gasteiger partial charge is 0.297 e. The Bertz CT molecular complexity index is 129. The van der Waals surface area contributed by atoms with Crippen LogP contribution in [-0.4, -0.2) is 19.1 Å². The van der Waals surface area contributed by atoms with E-state index in [4.69, 9.17) is 0 Å². The Morgan fingerprint density at radius 2 is 2.38 bits per heavy atom. The molecule has 0 saturated heterocycles. The normalized spacial score (nSPS) is 8.50. The average Bonchev–Trinajstić information content (AvgIpc) is 1.81. The Hall–Kier alpha value is -1.14. The van der Waals surface area contributed by atoms with Crippen molar-refractivity contribution >= 4 is 12.6 Å². The first-order valence-electron chi connectivity index (χ1n) is 2.21. The molecule has 0 unspecified atom stereocenters. The molecule has 0 aromatic heterocycles. The van der Waals surface area contributed by atoms with Gasteiger partial charge < -0.3 is 0 Å². The summed E-state index contributed by atoms with van der Waals surface area (Å²) in [6.07, 6.45) is 3.35. The number of aliphatic imine (C=N–C) groups is 2. The Morgan fingerprint density at radius 3 is 2.88 bits per heavy atom. The van der Waals surface area contributed by atoms with Gasteiger partial charge in [-0.2, -0.15) is 0 Å². The molecule has 0 atom stereocenters. The molecule has 0 aliphatic carbocycles. The number of hydrogen-bond acceptors (Lipinski definition) is 2. The number of nitrogens with zero attached hydrogens (tertiary/aromatic N) is 2. The molecule has 0 aromatic carbocycles. The first-order chi connectivity index (χ1) is 3.91. The summed E-state index contributed by atoms with van der Waals surface area (Å²) in [5, 5.41) is 0. The van der Waals surface area contributed by atoms with Crippen LogP contribution < -0.4 is 0 Å². The molecule has 42 valence electrons. The van der Waals surface area contributed by atoms with Gasteiger partial charge in [-0.1, -0.05) is 0 Å². The van der Waals surface area contributed by atoms with Gasteiger partial charge in [0.25, 0.3) is 0 Å². The predicted molar refractivity (Wildman–Crippen MR) is 36.6 cm³/mol. The quantitative estimate of drug-likeness (QED) is 0.483. The van der Waals surface area contributed by atoms with Crippen LogP contribution in [0.3, 0.4) is 0 Å². The lowest BCUT2D eigenvalue weighted by Crippen LogP contribution is -1.64. The molecule has 0 heterocycles. The third-order valence-corrected chi connectivity index (χ3v) is 0.506. The van der Waals surface area contributed by atoms with E-state index in [1.165, 1.54) is 0 Å². The summed E-state index contributed by atoms with van der Waals surface area (Å²) in [7, 11) is 0. The van der Waals surface area contributed by atoms with Crippen molar-refractivity contribution in [3.8, 4) is 0 Å². The van der Waals surface area contributed by atoms with Crippen molar-refractivity contribution in [1.82, 2.24) is 0 Å². The van der Waals surface area contributed by atoms with E-state index >= 15 is 0 Å². The van der Waals surface area contributed by atoms with E-state index in [0.29, 0.717) is 6.54 Å².